The van der Waals surface area contributed by atoms with Crippen molar-refractivity contribution >= 4 is 46.0 Å². The van der Waals surface area contributed by atoms with E-state index in [1.54, 1.807) is 23.1 Å². The van der Waals surface area contributed by atoms with Crippen molar-refractivity contribution in [2.24, 2.45) is 0 Å². The SMILES string of the molecule is CCn1c(SCc2csc(CC(=O)Nc3ccccc3C)n2)nnc1-c1cccs1. The highest BCUT2D eigenvalue weighted by Crippen LogP contribution is 2.29. The van der Waals surface area contributed by atoms with Gasteiger partial charge in [-0.3, -0.25) is 4.79 Å². The number of anilines is 1. The van der Waals surface area contributed by atoms with Crippen LogP contribution in [0.25, 0.3) is 10.7 Å². The summed E-state index contributed by atoms with van der Waals surface area (Å²) in [7, 11) is 0. The van der Waals surface area contributed by atoms with Crippen LogP contribution in [0.2, 0.25) is 0 Å². The van der Waals surface area contributed by atoms with Gasteiger partial charge in [0.05, 0.1) is 17.0 Å². The number of benzene rings is 1. The molecule has 1 amide bonds. The number of para-hydroxylation sites is 1. The van der Waals surface area contributed by atoms with Crippen molar-refractivity contribution in [3.63, 3.8) is 0 Å². The highest BCUT2D eigenvalue weighted by Gasteiger charge is 2.15. The highest BCUT2D eigenvalue weighted by molar-refractivity contribution is 7.98. The molecule has 0 saturated heterocycles. The van der Waals surface area contributed by atoms with Crippen LogP contribution in [0.4, 0.5) is 5.69 Å². The molecular weight excluding hydrogens is 434 g/mol. The Morgan fingerprint density at radius 1 is 1.17 bits per heavy atom. The zero-order chi connectivity index (χ0) is 20.9. The van der Waals surface area contributed by atoms with Gasteiger partial charge in [-0.25, -0.2) is 4.98 Å². The Morgan fingerprint density at radius 3 is 2.80 bits per heavy atom. The van der Waals surface area contributed by atoms with Crippen LogP contribution < -0.4 is 5.32 Å². The van der Waals surface area contributed by atoms with Crippen LogP contribution >= 0.6 is 34.4 Å². The normalized spacial score (nSPS) is 11.0. The summed E-state index contributed by atoms with van der Waals surface area (Å²) in [4.78, 5) is 18.1. The summed E-state index contributed by atoms with van der Waals surface area (Å²) in [5, 5.41) is 17.4. The number of aryl methyl sites for hydroxylation is 1. The zero-order valence-corrected chi connectivity index (χ0v) is 19.1. The van der Waals surface area contributed by atoms with E-state index in [4.69, 9.17) is 0 Å². The predicted molar refractivity (Wildman–Crippen MR) is 124 cm³/mol. The van der Waals surface area contributed by atoms with Gasteiger partial charge in [0, 0.05) is 23.4 Å². The molecule has 154 valence electrons. The fourth-order valence-corrected chi connectivity index (χ4v) is 5.46. The molecule has 0 bridgehead atoms. The molecule has 0 saturated carbocycles. The first kappa shape index (κ1) is 20.8. The molecule has 0 spiro atoms. The molecule has 0 radical (unpaired) electrons. The lowest BCUT2D eigenvalue weighted by Gasteiger charge is -2.06. The van der Waals surface area contributed by atoms with Gasteiger partial charge in [-0.1, -0.05) is 36.0 Å². The second-order valence-corrected chi connectivity index (χ2v) is 9.42. The van der Waals surface area contributed by atoms with E-state index in [1.807, 2.05) is 48.0 Å². The van der Waals surface area contributed by atoms with Gasteiger partial charge in [0.2, 0.25) is 5.91 Å². The Balaban J connectivity index is 1.36. The lowest BCUT2D eigenvalue weighted by atomic mass is 10.2. The quantitative estimate of drug-likeness (QED) is 0.367. The largest absolute Gasteiger partial charge is 0.325 e. The fourth-order valence-electron chi connectivity index (χ4n) is 2.95. The third-order valence-electron chi connectivity index (χ3n) is 4.45. The number of aromatic nitrogens is 4. The van der Waals surface area contributed by atoms with Crippen LogP contribution in [0.3, 0.4) is 0 Å². The standard InChI is InChI=1S/C21H21N5OS3/c1-3-26-20(17-9-6-10-28-17)24-25-21(26)30-13-15-12-29-19(22-15)11-18(27)23-16-8-5-4-7-14(16)2/h4-10,12H,3,11,13H2,1-2H3,(H,23,27). The molecule has 1 aromatic carbocycles. The summed E-state index contributed by atoms with van der Waals surface area (Å²) in [5.41, 5.74) is 2.84. The number of hydrogen-bond donors (Lipinski definition) is 1. The van der Waals surface area contributed by atoms with E-state index >= 15 is 0 Å². The van der Waals surface area contributed by atoms with Gasteiger partial charge in [0.1, 0.15) is 5.01 Å². The number of carbonyl (C=O) groups excluding carboxylic acids is 1. The number of carbonyl (C=O) groups is 1. The monoisotopic (exact) mass is 455 g/mol. The van der Waals surface area contributed by atoms with Crippen molar-refractivity contribution in [3.05, 3.63) is 63.4 Å². The summed E-state index contributed by atoms with van der Waals surface area (Å²) in [6.45, 7) is 4.88. The minimum Gasteiger partial charge on any atom is -0.325 e. The van der Waals surface area contributed by atoms with E-state index in [2.05, 4.69) is 38.1 Å². The van der Waals surface area contributed by atoms with Gasteiger partial charge in [-0.15, -0.1) is 32.9 Å². The summed E-state index contributed by atoms with van der Waals surface area (Å²) < 4.78 is 2.12. The Bertz CT molecular complexity index is 1130. The Labute approximate surface area is 187 Å². The first-order chi connectivity index (χ1) is 14.6. The van der Waals surface area contributed by atoms with Crippen LogP contribution in [0.15, 0.2) is 52.3 Å². The third kappa shape index (κ3) is 4.80. The van der Waals surface area contributed by atoms with Gasteiger partial charge in [-0.2, -0.15) is 0 Å². The van der Waals surface area contributed by atoms with Crippen LogP contribution in [0.5, 0.6) is 0 Å². The number of amides is 1. The number of thiazole rings is 1. The van der Waals surface area contributed by atoms with Gasteiger partial charge in [0.25, 0.3) is 0 Å². The maximum Gasteiger partial charge on any atom is 0.231 e. The van der Waals surface area contributed by atoms with E-state index in [0.29, 0.717) is 5.75 Å². The molecule has 4 aromatic rings. The highest BCUT2D eigenvalue weighted by atomic mass is 32.2. The van der Waals surface area contributed by atoms with E-state index in [0.717, 1.165) is 44.4 Å². The summed E-state index contributed by atoms with van der Waals surface area (Å²) in [6.07, 6.45) is 0.275. The van der Waals surface area contributed by atoms with Crippen LogP contribution in [0.1, 0.15) is 23.2 Å². The van der Waals surface area contributed by atoms with E-state index < -0.39 is 0 Å². The van der Waals surface area contributed by atoms with Crippen molar-refractivity contribution < 1.29 is 4.79 Å². The Morgan fingerprint density at radius 2 is 2.03 bits per heavy atom. The van der Waals surface area contributed by atoms with Crippen molar-refractivity contribution in [3.8, 4) is 10.7 Å². The Kier molecular flexibility index (Phi) is 6.61. The molecule has 0 aliphatic rings. The van der Waals surface area contributed by atoms with Crippen molar-refractivity contribution in [1.82, 2.24) is 19.7 Å². The number of nitrogens with one attached hydrogen (secondary N) is 1. The van der Waals surface area contributed by atoms with Crippen LogP contribution in [0, 0.1) is 6.92 Å². The predicted octanol–water partition coefficient (Wildman–Crippen LogP) is 5.26. The van der Waals surface area contributed by atoms with Gasteiger partial charge >= 0.3 is 0 Å². The van der Waals surface area contributed by atoms with E-state index in [1.165, 1.54) is 11.3 Å². The molecule has 0 unspecified atom stereocenters. The van der Waals surface area contributed by atoms with Crippen molar-refractivity contribution in [2.75, 3.05) is 5.32 Å². The first-order valence-corrected chi connectivity index (χ1v) is 12.3. The van der Waals surface area contributed by atoms with Crippen LogP contribution in [-0.4, -0.2) is 25.7 Å². The number of nitrogens with zero attached hydrogens (tertiary/aromatic N) is 4. The lowest BCUT2D eigenvalue weighted by Crippen LogP contribution is -2.15. The molecule has 3 heterocycles. The molecule has 0 fully saturated rings. The smallest absolute Gasteiger partial charge is 0.231 e. The fraction of sp³-hybridized carbons (Fsp3) is 0.238. The number of thiophene rings is 1. The molecule has 0 atom stereocenters. The zero-order valence-electron chi connectivity index (χ0n) is 16.7. The minimum absolute atomic E-state index is 0.0517. The van der Waals surface area contributed by atoms with E-state index in [-0.39, 0.29) is 12.3 Å². The Hall–Kier alpha value is -2.49. The average Bonchev–Trinajstić information content (AvgIpc) is 3.48. The number of rotatable bonds is 8. The topological polar surface area (TPSA) is 72.7 Å². The van der Waals surface area contributed by atoms with Gasteiger partial charge in [0.15, 0.2) is 11.0 Å². The maximum atomic E-state index is 12.4. The van der Waals surface area contributed by atoms with Crippen molar-refractivity contribution in [1.29, 1.82) is 0 Å². The second-order valence-electron chi connectivity index (χ2n) is 6.59. The maximum absolute atomic E-state index is 12.4. The number of thioether (sulfide) groups is 1. The molecule has 1 N–H and O–H groups in total. The average molecular weight is 456 g/mol. The molecule has 0 aliphatic heterocycles. The molecule has 30 heavy (non-hydrogen) atoms. The van der Waals surface area contributed by atoms with Gasteiger partial charge < -0.3 is 9.88 Å². The summed E-state index contributed by atoms with van der Waals surface area (Å²) in [5.74, 6) is 1.55. The molecule has 0 aliphatic carbocycles. The molecule has 3 aromatic heterocycles. The molecule has 9 heteroatoms. The molecule has 4 rings (SSSR count). The minimum atomic E-state index is -0.0517. The molecular formula is C21H21N5OS3. The first-order valence-electron chi connectivity index (χ1n) is 9.52. The third-order valence-corrected chi connectivity index (χ3v) is 7.22. The summed E-state index contributed by atoms with van der Waals surface area (Å²) >= 11 is 4.79. The van der Waals surface area contributed by atoms with Crippen LogP contribution in [-0.2, 0) is 23.5 Å². The van der Waals surface area contributed by atoms with Gasteiger partial charge in [-0.05, 0) is 36.9 Å². The summed E-state index contributed by atoms with van der Waals surface area (Å²) in [6, 6.07) is 11.8. The number of hydrogen-bond acceptors (Lipinski definition) is 7. The second kappa shape index (κ2) is 9.55. The van der Waals surface area contributed by atoms with E-state index in [9.17, 15) is 4.79 Å². The van der Waals surface area contributed by atoms with Crippen molar-refractivity contribution in [2.45, 2.75) is 37.7 Å². The lowest BCUT2D eigenvalue weighted by molar-refractivity contribution is -0.115. The molecule has 6 nitrogen and oxygen atoms in total.